The van der Waals surface area contributed by atoms with Crippen LogP contribution in [0.15, 0.2) is 12.3 Å². The molecule has 0 saturated carbocycles. The molecule has 4 nitrogen and oxygen atoms in total. The van der Waals surface area contributed by atoms with Gasteiger partial charge in [-0.1, -0.05) is 20.8 Å². The molecule has 0 bridgehead atoms. The van der Waals surface area contributed by atoms with Gasteiger partial charge in [-0.2, -0.15) is 5.26 Å². The Bertz CT molecular complexity index is 369. The van der Waals surface area contributed by atoms with Crippen LogP contribution in [0.3, 0.4) is 0 Å². The number of nitrogens with zero attached hydrogens (tertiary/aromatic N) is 3. The van der Waals surface area contributed by atoms with E-state index >= 15 is 0 Å². The van der Waals surface area contributed by atoms with Crippen LogP contribution in [-0.2, 0) is 0 Å². The number of aromatic nitrogens is 2. The minimum absolute atomic E-state index is 0.0358. The van der Waals surface area contributed by atoms with Crippen molar-refractivity contribution >= 4 is 5.95 Å². The molecular weight excluding hydrogens is 200 g/mol. The van der Waals surface area contributed by atoms with Gasteiger partial charge in [0, 0.05) is 11.7 Å². The Kier molecular flexibility index (Phi) is 4.24. The minimum atomic E-state index is 0.0358. The first-order chi connectivity index (χ1) is 7.69. The molecule has 1 heterocycles. The highest BCUT2D eigenvalue weighted by molar-refractivity contribution is 5.33. The van der Waals surface area contributed by atoms with Crippen LogP contribution in [0, 0.1) is 11.3 Å². The number of rotatable bonds is 5. The Labute approximate surface area is 96.7 Å². The summed E-state index contributed by atoms with van der Waals surface area (Å²) >= 11 is 0. The maximum absolute atomic E-state index is 8.76. The van der Waals surface area contributed by atoms with Gasteiger partial charge in [0.05, 0.1) is 0 Å². The van der Waals surface area contributed by atoms with Gasteiger partial charge in [-0.15, -0.1) is 0 Å². The fourth-order valence-electron chi connectivity index (χ4n) is 1.73. The molecule has 0 atom stereocenters. The lowest BCUT2D eigenvalue weighted by molar-refractivity contribution is 0.417. The molecular formula is C12H18N4. The zero-order valence-corrected chi connectivity index (χ0v) is 10.1. The summed E-state index contributed by atoms with van der Waals surface area (Å²) in [7, 11) is 0. The smallest absolute Gasteiger partial charge is 0.224 e. The van der Waals surface area contributed by atoms with Crippen molar-refractivity contribution in [3.05, 3.63) is 18.0 Å². The standard InChI is InChI=1S/C12H18N4/c1-4-12(5-2,6-3)16-11-14-8-7-10(9-13)15-11/h7-8H,4-6H2,1-3H3,(H,14,15,16). The molecule has 4 heteroatoms. The first-order valence-corrected chi connectivity index (χ1v) is 5.71. The van der Waals surface area contributed by atoms with Crippen molar-refractivity contribution in [1.82, 2.24) is 9.97 Å². The van der Waals surface area contributed by atoms with Gasteiger partial charge in [-0.05, 0) is 25.3 Å². The molecule has 1 aromatic heterocycles. The van der Waals surface area contributed by atoms with Gasteiger partial charge in [0.15, 0.2) is 0 Å². The zero-order chi connectivity index (χ0) is 12.0. The van der Waals surface area contributed by atoms with Gasteiger partial charge in [-0.25, -0.2) is 9.97 Å². The first kappa shape index (κ1) is 12.4. The van der Waals surface area contributed by atoms with E-state index in [1.165, 1.54) is 0 Å². The quantitative estimate of drug-likeness (QED) is 0.825. The van der Waals surface area contributed by atoms with E-state index in [2.05, 4.69) is 36.1 Å². The zero-order valence-electron chi connectivity index (χ0n) is 10.1. The van der Waals surface area contributed by atoms with Crippen molar-refractivity contribution in [3.8, 4) is 6.07 Å². The maximum atomic E-state index is 8.76. The largest absolute Gasteiger partial charge is 0.349 e. The molecule has 1 N–H and O–H groups in total. The SMILES string of the molecule is CCC(CC)(CC)Nc1nccc(C#N)n1. The van der Waals surface area contributed by atoms with Crippen molar-refractivity contribution in [2.24, 2.45) is 0 Å². The molecule has 0 aliphatic carbocycles. The first-order valence-electron chi connectivity index (χ1n) is 5.71. The molecule has 86 valence electrons. The molecule has 0 saturated heterocycles. The van der Waals surface area contributed by atoms with Crippen molar-refractivity contribution in [2.45, 2.75) is 45.6 Å². The summed E-state index contributed by atoms with van der Waals surface area (Å²) in [6.07, 6.45) is 4.65. The molecule has 0 amide bonds. The average molecular weight is 218 g/mol. The number of nitrogens with one attached hydrogen (secondary N) is 1. The monoisotopic (exact) mass is 218 g/mol. The van der Waals surface area contributed by atoms with Crippen molar-refractivity contribution in [2.75, 3.05) is 5.32 Å². The predicted octanol–water partition coefficient (Wildman–Crippen LogP) is 2.73. The molecule has 16 heavy (non-hydrogen) atoms. The summed E-state index contributed by atoms with van der Waals surface area (Å²) in [5, 5.41) is 12.1. The van der Waals surface area contributed by atoms with Gasteiger partial charge in [0.25, 0.3) is 0 Å². The summed E-state index contributed by atoms with van der Waals surface area (Å²) in [5.41, 5.74) is 0.434. The van der Waals surface area contributed by atoms with Crippen LogP contribution in [0.2, 0.25) is 0 Å². The lowest BCUT2D eigenvalue weighted by Crippen LogP contribution is -2.36. The highest BCUT2D eigenvalue weighted by atomic mass is 15.1. The van der Waals surface area contributed by atoms with E-state index in [-0.39, 0.29) is 5.54 Å². The third-order valence-corrected chi connectivity index (χ3v) is 3.18. The highest BCUT2D eigenvalue weighted by Crippen LogP contribution is 2.23. The second-order valence-electron chi connectivity index (χ2n) is 3.84. The van der Waals surface area contributed by atoms with E-state index < -0.39 is 0 Å². The second-order valence-corrected chi connectivity index (χ2v) is 3.84. The van der Waals surface area contributed by atoms with E-state index in [1.54, 1.807) is 12.3 Å². The van der Waals surface area contributed by atoms with Gasteiger partial charge in [-0.3, -0.25) is 0 Å². The topological polar surface area (TPSA) is 61.6 Å². The summed E-state index contributed by atoms with van der Waals surface area (Å²) in [4.78, 5) is 8.28. The van der Waals surface area contributed by atoms with E-state index in [0.29, 0.717) is 11.6 Å². The molecule has 0 spiro atoms. The van der Waals surface area contributed by atoms with Gasteiger partial charge >= 0.3 is 0 Å². The molecule has 0 unspecified atom stereocenters. The maximum Gasteiger partial charge on any atom is 0.224 e. The fourth-order valence-corrected chi connectivity index (χ4v) is 1.73. The van der Waals surface area contributed by atoms with E-state index in [0.717, 1.165) is 19.3 Å². The van der Waals surface area contributed by atoms with Gasteiger partial charge in [0.1, 0.15) is 11.8 Å². The summed E-state index contributed by atoms with van der Waals surface area (Å²) in [6, 6.07) is 3.62. The van der Waals surface area contributed by atoms with Gasteiger partial charge < -0.3 is 5.32 Å². The van der Waals surface area contributed by atoms with Crippen molar-refractivity contribution < 1.29 is 0 Å². The molecule has 0 radical (unpaired) electrons. The van der Waals surface area contributed by atoms with Crippen LogP contribution < -0.4 is 5.32 Å². The molecule has 1 rings (SSSR count). The number of anilines is 1. The number of hydrogen-bond donors (Lipinski definition) is 1. The van der Waals surface area contributed by atoms with Crippen LogP contribution >= 0.6 is 0 Å². The Morgan fingerprint density at radius 1 is 1.31 bits per heavy atom. The third kappa shape index (κ3) is 2.69. The molecule has 0 aromatic carbocycles. The minimum Gasteiger partial charge on any atom is -0.349 e. The van der Waals surface area contributed by atoms with E-state index in [1.807, 2.05) is 6.07 Å². The molecule has 0 aliphatic rings. The van der Waals surface area contributed by atoms with Crippen molar-refractivity contribution in [1.29, 1.82) is 5.26 Å². The lowest BCUT2D eigenvalue weighted by atomic mass is 9.90. The van der Waals surface area contributed by atoms with Crippen molar-refractivity contribution in [3.63, 3.8) is 0 Å². The predicted molar refractivity (Wildman–Crippen MR) is 64.0 cm³/mol. The number of hydrogen-bond acceptors (Lipinski definition) is 4. The molecule has 0 aliphatic heterocycles. The average Bonchev–Trinajstić information content (AvgIpc) is 2.36. The van der Waals surface area contributed by atoms with Crippen LogP contribution in [0.25, 0.3) is 0 Å². The Balaban J connectivity index is 2.90. The normalized spacial score (nSPS) is 10.9. The Morgan fingerprint density at radius 2 is 1.94 bits per heavy atom. The molecule has 1 aromatic rings. The second kappa shape index (κ2) is 5.45. The van der Waals surface area contributed by atoms with Gasteiger partial charge in [0.2, 0.25) is 5.95 Å². The van der Waals surface area contributed by atoms with Crippen LogP contribution in [0.1, 0.15) is 45.7 Å². The fraction of sp³-hybridized carbons (Fsp3) is 0.583. The lowest BCUT2D eigenvalue weighted by Gasteiger charge is -2.31. The Hall–Kier alpha value is -1.63. The van der Waals surface area contributed by atoms with Crippen LogP contribution in [0.4, 0.5) is 5.95 Å². The molecule has 0 fully saturated rings. The summed E-state index contributed by atoms with van der Waals surface area (Å²) in [5.74, 6) is 0.546. The van der Waals surface area contributed by atoms with Crippen LogP contribution in [0.5, 0.6) is 0 Å². The Morgan fingerprint density at radius 3 is 2.44 bits per heavy atom. The van der Waals surface area contributed by atoms with E-state index in [9.17, 15) is 0 Å². The summed E-state index contributed by atoms with van der Waals surface area (Å²) < 4.78 is 0. The highest BCUT2D eigenvalue weighted by Gasteiger charge is 2.24. The van der Waals surface area contributed by atoms with E-state index in [4.69, 9.17) is 5.26 Å². The summed E-state index contributed by atoms with van der Waals surface area (Å²) in [6.45, 7) is 6.44. The van der Waals surface area contributed by atoms with Crippen LogP contribution in [-0.4, -0.2) is 15.5 Å². The third-order valence-electron chi connectivity index (χ3n) is 3.18. The number of nitriles is 1.